The van der Waals surface area contributed by atoms with Gasteiger partial charge in [0, 0.05) is 0 Å². The van der Waals surface area contributed by atoms with Gasteiger partial charge in [0.05, 0.1) is 6.61 Å². The molecule has 0 aromatic carbocycles. The normalized spacial score (nSPS) is 9.45. The first-order valence-electron chi connectivity index (χ1n) is 2.66. The van der Waals surface area contributed by atoms with Gasteiger partial charge in [0.2, 0.25) is 0 Å². The topological polar surface area (TPSA) is 75.7 Å². The molecule has 1 atom stereocenters. The summed E-state index contributed by atoms with van der Waals surface area (Å²) in [5.41, 5.74) is 0. The number of rotatable bonds is 3. The predicted octanol–water partition coefficient (Wildman–Crippen LogP) is -2.43. The SMILES string of the molecule is CCCOC(=O)O[P+](=O)[O-].[Li+]. The van der Waals surface area contributed by atoms with Crippen molar-refractivity contribution in [1.29, 1.82) is 0 Å². The molecule has 1 unspecified atom stereocenters. The number of carbonyl (C=O) groups is 1. The summed E-state index contributed by atoms with van der Waals surface area (Å²) in [6.45, 7) is 1.95. The van der Waals surface area contributed by atoms with Crippen LogP contribution in [0.4, 0.5) is 4.79 Å². The van der Waals surface area contributed by atoms with Gasteiger partial charge >= 0.3 is 33.3 Å². The molecule has 0 amide bonds. The van der Waals surface area contributed by atoms with E-state index in [9.17, 15) is 14.3 Å². The van der Waals surface area contributed by atoms with E-state index in [-0.39, 0.29) is 25.5 Å². The van der Waals surface area contributed by atoms with Crippen LogP contribution in [-0.4, -0.2) is 12.8 Å². The third-order valence-corrected chi connectivity index (χ3v) is 0.871. The summed E-state index contributed by atoms with van der Waals surface area (Å²) in [4.78, 5) is 19.9. The molecular weight excluding hydrogens is 166 g/mol. The van der Waals surface area contributed by atoms with Crippen molar-refractivity contribution in [2.45, 2.75) is 13.3 Å². The van der Waals surface area contributed by atoms with Crippen molar-refractivity contribution in [1.82, 2.24) is 0 Å². The van der Waals surface area contributed by atoms with E-state index in [1.807, 2.05) is 0 Å². The Morgan fingerprint density at radius 1 is 1.64 bits per heavy atom. The van der Waals surface area contributed by atoms with Crippen LogP contribution in [-0.2, 0) is 13.8 Å². The maximum absolute atomic E-state index is 10.2. The number of carbonyl (C=O) groups excluding carboxylic acids is 1. The minimum absolute atomic E-state index is 0. The van der Waals surface area contributed by atoms with Gasteiger partial charge in [-0.2, -0.15) is 9.32 Å². The van der Waals surface area contributed by atoms with Crippen molar-refractivity contribution >= 4 is 14.4 Å². The van der Waals surface area contributed by atoms with Crippen molar-refractivity contribution in [2.24, 2.45) is 0 Å². The maximum atomic E-state index is 10.2. The molecule has 0 radical (unpaired) electrons. The minimum atomic E-state index is -3.13. The Kier molecular flexibility index (Phi) is 9.86. The largest absolute Gasteiger partial charge is 1.00 e. The Balaban J connectivity index is 0. The Bertz CT molecular complexity index is 138. The van der Waals surface area contributed by atoms with E-state index >= 15 is 0 Å². The van der Waals surface area contributed by atoms with Crippen molar-refractivity contribution in [3.63, 3.8) is 0 Å². The van der Waals surface area contributed by atoms with Crippen molar-refractivity contribution in [3.8, 4) is 0 Å². The molecule has 0 saturated heterocycles. The van der Waals surface area contributed by atoms with Gasteiger partial charge in [-0.3, -0.25) is 0 Å². The Hall–Kier alpha value is -0.0726. The zero-order valence-electron chi connectivity index (χ0n) is 6.40. The van der Waals surface area contributed by atoms with Crippen LogP contribution < -0.4 is 23.8 Å². The molecule has 0 spiro atoms. The second-order valence-corrected chi connectivity index (χ2v) is 2.04. The summed E-state index contributed by atoms with van der Waals surface area (Å²) in [5, 5.41) is 0. The molecule has 0 aliphatic rings. The van der Waals surface area contributed by atoms with Gasteiger partial charge in [0.15, 0.2) is 0 Å². The summed E-state index contributed by atoms with van der Waals surface area (Å²) in [6, 6.07) is 0. The zero-order valence-corrected chi connectivity index (χ0v) is 7.30. The molecule has 58 valence electrons. The molecule has 0 fully saturated rings. The van der Waals surface area contributed by atoms with Crippen molar-refractivity contribution in [3.05, 3.63) is 0 Å². The first kappa shape index (κ1) is 13.5. The van der Waals surface area contributed by atoms with E-state index in [1.165, 1.54) is 0 Å². The zero-order chi connectivity index (χ0) is 7.98. The molecule has 0 saturated carbocycles. The van der Waals surface area contributed by atoms with Crippen molar-refractivity contribution in [2.75, 3.05) is 6.61 Å². The average Bonchev–Trinajstić information content (AvgIpc) is 1.82. The monoisotopic (exact) mass is 173 g/mol. The van der Waals surface area contributed by atoms with Gasteiger partial charge in [0.25, 0.3) is 0 Å². The summed E-state index contributed by atoms with van der Waals surface area (Å²) >= 11 is 0. The molecule has 11 heavy (non-hydrogen) atoms. The Labute approximate surface area is 77.2 Å². The first-order chi connectivity index (χ1) is 4.66. The smallest absolute Gasteiger partial charge is 0.558 e. The number of hydrogen-bond donors (Lipinski definition) is 0. The number of ether oxygens (including phenoxy) is 1. The third kappa shape index (κ3) is 9.93. The van der Waals surface area contributed by atoms with Crippen LogP contribution in [0.3, 0.4) is 0 Å². The van der Waals surface area contributed by atoms with Crippen LogP contribution in [0.1, 0.15) is 13.3 Å². The second kappa shape index (κ2) is 8.03. The molecule has 0 heterocycles. The molecular formula is C4H7LiO5P+. The minimum Gasteiger partial charge on any atom is -0.558 e. The standard InChI is InChI=1S/C4H7O5P.Li/c1-2-3-8-4(5)9-10(6)7;/h2-3H2,1H3;/q;+1. The fraction of sp³-hybridized carbons (Fsp3) is 0.750. The van der Waals surface area contributed by atoms with E-state index in [0.717, 1.165) is 0 Å². The molecule has 0 aliphatic heterocycles. The van der Waals surface area contributed by atoms with Crippen LogP contribution in [0, 0.1) is 0 Å². The van der Waals surface area contributed by atoms with E-state index < -0.39 is 14.4 Å². The third-order valence-electron chi connectivity index (χ3n) is 0.573. The van der Waals surface area contributed by atoms with Crippen LogP contribution in [0.15, 0.2) is 0 Å². The molecule has 0 bridgehead atoms. The van der Waals surface area contributed by atoms with Gasteiger partial charge in [-0.25, -0.2) is 0 Å². The number of hydrogen-bond acceptors (Lipinski definition) is 5. The van der Waals surface area contributed by atoms with Crippen LogP contribution in [0.2, 0.25) is 0 Å². The molecule has 0 aromatic rings. The van der Waals surface area contributed by atoms with Gasteiger partial charge in [0.1, 0.15) is 0 Å². The van der Waals surface area contributed by atoms with E-state index in [1.54, 1.807) is 6.92 Å². The molecule has 0 N–H and O–H groups in total. The van der Waals surface area contributed by atoms with Crippen LogP contribution in [0.5, 0.6) is 0 Å². The Morgan fingerprint density at radius 3 is 2.55 bits per heavy atom. The molecule has 5 nitrogen and oxygen atoms in total. The van der Waals surface area contributed by atoms with E-state index in [2.05, 4.69) is 9.26 Å². The van der Waals surface area contributed by atoms with E-state index in [0.29, 0.717) is 6.42 Å². The molecule has 0 aliphatic carbocycles. The fourth-order valence-electron chi connectivity index (χ4n) is 0.273. The predicted molar refractivity (Wildman–Crippen MR) is 30.3 cm³/mol. The van der Waals surface area contributed by atoms with Crippen LogP contribution in [0.25, 0.3) is 0 Å². The summed E-state index contributed by atoms with van der Waals surface area (Å²) < 4.78 is 17.6. The van der Waals surface area contributed by atoms with Gasteiger partial charge in [-0.05, 0) is 11.0 Å². The summed E-state index contributed by atoms with van der Waals surface area (Å²) in [7, 11) is -3.13. The first-order valence-corrected chi connectivity index (χ1v) is 3.75. The summed E-state index contributed by atoms with van der Waals surface area (Å²) in [6.07, 6.45) is -0.539. The molecule has 0 rings (SSSR count). The van der Waals surface area contributed by atoms with Gasteiger partial charge < -0.3 is 9.63 Å². The molecule has 0 aromatic heterocycles. The van der Waals surface area contributed by atoms with E-state index in [4.69, 9.17) is 0 Å². The average molecular weight is 173 g/mol. The Morgan fingerprint density at radius 2 is 2.18 bits per heavy atom. The quantitative estimate of drug-likeness (QED) is 0.269. The second-order valence-electron chi connectivity index (χ2n) is 1.41. The summed E-state index contributed by atoms with van der Waals surface area (Å²) in [5.74, 6) is 0. The maximum Gasteiger partial charge on any atom is 1.00 e. The molecule has 7 heteroatoms. The fourth-order valence-corrected chi connectivity index (χ4v) is 0.447. The van der Waals surface area contributed by atoms with Crippen LogP contribution >= 0.6 is 8.25 Å². The van der Waals surface area contributed by atoms with Crippen molar-refractivity contribution < 1.29 is 42.4 Å². The van der Waals surface area contributed by atoms with Gasteiger partial charge in [-0.15, -0.1) is 0 Å². The van der Waals surface area contributed by atoms with Gasteiger partial charge in [-0.1, -0.05) is 6.92 Å².